The molecule has 0 unspecified atom stereocenters. The van der Waals surface area contributed by atoms with E-state index in [1.54, 1.807) is 0 Å². The number of nitrogens with one attached hydrogen (secondary N) is 1. The van der Waals surface area contributed by atoms with Crippen molar-refractivity contribution in [1.29, 1.82) is 0 Å². The van der Waals surface area contributed by atoms with Crippen molar-refractivity contribution in [1.82, 2.24) is 4.98 Å². The number of ether oxygens (including phenoxy) is 1. The third-order valence-corrected chi connectivity index (χ3v) is 4.06. The third kappa shape index (κ3) is 4.73. The van der Waals surface area contributed by atoms with Crippen LogP contribution in [-0.2, 0) is 6.18 Å². The van der Waals surface area contributed by atoms with Crippen LogP contribution in [0.5, 0.6) is 11.5 Å². The molecule has 0 aliphatic rings. The quantitative estimate of drug-likeness (QED) is 0.522. The molecule has 0 atom stereocenters. The zero-order valence-electron chi connectivity index (χ0n) is 15.8. The van der Waals surface area contributed by atoms with Gasteiger partial charge in [-0.15, -0.1) is 0 Å². The summed E-state index contributed by atoms with van der Waals surface area (Å²) >= 11 is 0. The van der Waals surface area contributed by atoms with Crippen molar-refractivity contribution in [2.75, 3.05) is 5.32 Å². The lowest BCUT2D eigenvalue weighted by Gasteiger charge is -2.14. The van der Waals surface area contributed by atoms with Crippen LogP contribution >= 0.6 is 0 Å². The number of alkyl halides is 3. The SMILES string of the molecule is Cc1cc(F)c(C(=O)Nc2ccc(Oc3cc(C)ncc3C(F)(F)F)cc2)c(F)c1. The molecular formula is C21H15F5N2O2. The van der Waals surface area contributed by atoms with Crippen molar-refractivity contribution < 1.29 is 31.5 Å². The van der Waals surface area contributed by atoms with Crippen molar-refractivity contribution in [2.24, 2.45) is 0 Å². The van der Waals surface area contributed by atoms with Gasteiger partial charge in [0, 0.05) is 23.6 Å². The smallest absolute Gasteiger partial charge is 0.421 e. The van der Waals surface area contributed by atoms with Gasteiger partial charge in [-0.1, -0.05) is 0 Å². The summed E-state index contributed by atoms with van der Waals surface area (Å²) in [6.07, 6.45) is -3.96. The number of aryl methyl sites for hydroxylation is 2. The van der Waals surface area contributed by atoms with Gasteiger partial charge in [0.15, 0.2) is 0 Å². The Morgan fingerprint density at radius 3 is 2.17 bits per heavy atom. The van der Waals surface area contributed by atoms with E-state index in [1.165, 1.54) is 38.1 Å². The van der Waals surface area contributed by atoms with Gasteiger partial charge in [-0.25, -0.2) is 8.78 Å². The van der Waals surface area contributed by atoms with E-state index in [-0.39, 0.29) is 11.4 Å². The van der Waals surface area contributed by atoms with Crippen molar-refractivity contribution in [3.05, 3.63) is 82.7 Å². The van der Waals surface area contributed by atoms with Crippen LogP contribution in [0.25, 0.3) is 0 Å². The number of carbonyl (C=O) groups excluding carboxylic acids is 1. The molecular weight excluding hydrogens is 407 g/mol. The molecule has 0 saturated carbocycles. The Morgan fingerprint density at radius 1 is 1.00 bits per heavy atom. The van der Waals surface area contributed by atoms with E-state index in [2.05, 4.69) is 10.3 Å². The van der Waals surface area contributed by atoms with Crippen LogP contribution in [0, 0.1) is 25.5 Å². The number of pyridine rings is 1. The molecule has 0 radical (unpaired) electrons. The number of hydrogen-bond acceptors (Lipinski definition) is 3. The predicted octanol–water partition coefficient (Wildman–Crippen LogP) is 6.04. The topological polar surface area (TPSA) is 51.2 Å². The minimum absolute atomic E-state index is 0.0665. The van der Waals surface area contributed by atoms with Crippen molar-refractivity contribution in [3.8, 4) is 11.5 Å². The number of amides is 1. The summed E-state index contributed by atoms with van der Waals surface area (Å²) in [5.74, 6) is -3.36. The number of benzene rings is 2. The lowest BCUT2D eigenvalue weighted by molar-refractivity contribution is -0.138. The first kappa shape index (κ1) is 21.2. The van der Waals surface area contributed by atoms with Gasteiger partial charge < -0.3 is 10.1 Å². The summed E-state index contributed by atoms with van der Waals surface area (Å²) in [4.78, 5) is 15.8. The highest BCUT2D eigenvalue weighted by molar-refractivity contribution is 6.04. The Kier molecular flexibility index (Phi) is 5.73. The summed E-state index contributed by atoms with van der Waals surface area (Å²) in [5.41, 5.74) is -0.927. The maximum Gasteiger partial charge on any atom is 0.421 e. The third-order valence-electron chi connectivity index (χ3n) is 4.06. The maximum absolute atomic E-state index is 13.9. The average Bonchev–Trinajstić information content (AvgIpc) is 2.61. The van der Waals surface area contributed by atoms with E-state index in [4.69, 9.17) is 4.74 Å². The summed E-state index contributed by atoms with van der Waals surface area (Å²) in [7, 11) is 0. The molecule has 0 aliphatic carbocycles. The van der Waals surface area contributed by atoms with Gasteiger partial charge in [0.05, 0.1) is 0 Å². The fraction of sp³-hybridized carbons (Fsp3) is 0.143. The molecule has 2 aromatic carbocycles. The van der Waals surface area contributed by atoms with Crippen LogP contribution in [0.4, 0.5) is 27.6 Å². The van der Waals surface area contributed by atoms with Gasteiger partial charge in [0.1, 0.15) is 34.3 Å². The van der Waals surface area contributed by atoms with E-state index in [9.17, 15) is 26.7 Å². The monoisotopic (exact) mass is 422 g/mol. The second-order valence-corrected chi connectivity index (χ2v) is 6.50. The fourth-order valence-corrected chi connectivity index (χ4v) is 2.68. The Balaban J connectivity index is 1.78. The molecule has 156 valence electrons. The lowest BCUT2D eigenvalue weighted by atomic mass is 10.1. The molecule has 1 aromatic heterocycles. The fourth-order valence-electron chi connectivity index (χ4n) is 2.68. The number of nitrogens with zero attached hydrogens (tertiary/aromatic N) is 1. The van der Waals surface area contributed by atoms with E-state index in [0.29, 0.717) is 17.5 Å². The molecule has 3 aromatic rings. The molecule has 1 heterocycles. The van der Waals surface area contributed by atoms with Gasteiger partial charge in [0.2, 0.25) is 0 Å². The van der Waals surface area contributed by atoms with Crippen molar-refractivity contribution in [3.63, 3.8) is 0 Å². The molecule has 0 spiro atoms. The zero-order valence-corrected chi connectivity index (χ0v) is 15.8. The number of rotatable bonds is 4. The lowest BCUT2D eigenvalue weighted by Crippen LogP contribution is -2.16. The van der Waals surface area contributed by atoms with Gasteiger partial charge in [-0.2, -0.15) is 13.2 Å². The molecule has 0 fully saturated rings. The van der Waals surface area contributed by atoms with Crippen LogP contribution < -0.4 is 10.1 Å². The summed E-state index contributed by atoms with van der Waals surface area (Å²) in [6.45, 7) is 3.01. The summed E-state index contributed by atoms with van der Waals surface area (Å²) < 4.78 is 72.5. The number of carbonyl (C=O) groups is 1. The normalized spacial score (nSPS) is 11.3. The van der Waals surface area contributed by atoms with Crippen LogP contribution in [0.1, 0.15) is 27.2 Å². The zero-order chi connectivity index (χ0) is 22.1. The van der Waals surface area contributed by atoms with Gasteiger partial charge in [-0.05, 0) is 55.8 Å². The molecule has 9 heteroatoms. The average molecular weight is 422 g/mol. The molecule has 1 N–H and O–H groups in total. The number of aromatic nitrogens is 1. The maximum atomic E-state index is 13.9. The number of halogens is 5. The summed E-state index contributed by atoms with van der Waals surface area (Å²) in [6, 6.07) is 8.51. The highest BCUT2D eigenvalue weighted by Crippen LogP contribution is 2.38. The van der Waals surface area contributed by atoms with Crippen LogP contribution in [0.15, 0.2) is 48.7 Å². The van der Waals surface area contributed by atoms with Crippen LogP contribution in [-0.4, -0.2) is 10.9 Å². The largest absolute Gasteiger partial charge is 0.457 e. The highest BCUT2D eigenvalue weighted by Gasteiger charge is 2.35. The van der Waals surface area contributed by atoms with Gasteiger partial charge in [-0.3, -0.25) is 9.78 Å². The second kappa shape index (κ2) is 8.10. The molecule has 0 saturated heterocycles. The molecule has 3 rings (SSSR count). The summed E-state index contributed by atoms with van der Waals surface area (Å²) in [5, 5.41) is 2.33. The number of hydrogen-bond donors (Lipinski definition) is 1. The van der Waals surface area contributed by atoms with E-state index in [0.717, 1.165) is 18.2 Å². The molecule has 1 amide bonds. The van der Waals surface area contributed by atoms with E-state index < -0.39 is 40.6 Å². The van der Waals surface area contributed by atoms with Crippen molar-refractivity contribution >= 4 is 11.6 Å². The minimum Gasteiger partial charge on any atom is -0.457 e. The van der Waals surface area contributed by atoms with Gasteiger partial charge in [0.25, 0.3) is 5.91 Å². The molecule has 0 bridgehead atoms. The van der Waals surface area contributed by atoms with Crippen LogP contribution in [0.2, 0.25) is 0 Å². The highest BCUT2D eigenvalue weighted by atomic mass is 19.4. The minimum atomic E-state index is -4.65. The Morgan fingerprint density at radius 2 is 1.60 bits per heavy atom. The molecule has 4 nitrogen and oxygen atoms in total. The standard InChI is InChI=1S/C21H15F5N2O2/c1-11-7-16(22)19(17(23)8-11)20(29)28-13-3-5-14(6-4-13)30-18-9-12(2)27-10-15(18)21(24,25)26/h3-10H,1-2H3,(H,28,29). The first-order valence-electron chi connectivity index (χ1n) is 8.63. The Hall–Kier alpha value is -3.49. The van der Waals surface area contributed by atoms with Gasteiger partial charge >= 0.3 is 6.18 Å². The van der Waals surface area contributed by atoms with Crippen molar-refractivity contribution in [2.45, 2.75) is 20.0 Å². The predicted molar refractivity (Wildman–Crippen MR) is 99.5 cm³/mol. The van der Waals surface area contributed by atoms with Crippen LogP contribution in [0.3, 0.4) is 0 Å². The molecule has 0 aliphatic heterocycles. The number of anilines is 1. The first-order chi connectivity index (χ1) is 14.0. The van der Waals surface area contributed by atoms with E-state index >= 15 is 0 Å². The second-order valence-electron chi connectivity index (χ2n) is 6.50. The first-order valence-corrected chi connectivity index (χ1v) is 8.63. The Labute approximate surface area is 168 Å². The Bertz CT molecular complexity index is 1070. The molecule has 30 heavy (non-hydrogen) atoms. The van der Waals surface area contributed by atoms with E-state index in [1.807, 2.05) is 0 Å².